The molecule has 104 valence electrons. The highest BCUT2D eigenvalue weighted by Crippen LogP contribution is 2.35. The lowest BCUT2D eigenvalue weighted by Gasteiger charge is -2.02. The Morgan fingerprint density at radius 2 is 2.15 bits per heavy atom. The molecule has 0 aliphatic rings. The third-order valence-electron chi connectivity index (χ3n) is 3.08. The molecule has 5 nitrogen and oxygen atoms in total. The second-order valence-electron chi connectivity index (χ2n) is 4.36. The van der Waals surface area contributed by atoms with Crippen LogP contribution in [0.15, 0.2) is 34.7 Å². The fourth-order valence-electron chi connectivity index (χ4n) is 2.04. The standard InChI is InChI=1S/C13H13N3O2S2/c1-2-20(17,18)12-4-3-10(19-12)9-7-11(14)16-13-8(9)5-6-15-13/h3-7H,2H2,1H3,(H3,14,15,16). The number of aromatic nitrogens is 2. The number of hydrogen-bond acceptors (Lipinski definition) is 5. The van der Waals surface area contributed by atoms with Crippen LogP contribution in [0.1, 0.15) is 6.92 Å². The molecule has 20 heavy (non-hydrogen) atoms. The van der Waals surface area contributed by atoms with Gasteiger partial charge >= 0.3 is 0 Å². The lowest BCUT2D eigenvalue weighted by Crippen LogP contribution is -2.00. The minimum atomic E-state index is -3.17. The summed E-state index contributed by atoms with van der Waals surface area (Å²) in [6, 6.07) is 7.14. The van der Waals surface area contributed by atoms with E-state index in [1.54, 1.807) is 25.3 Å². The maximum Gasteiger partial charge on any atom is 0.187 e. The summed E-state index contributed by atoms with van der Waals surface area (Å²) in [4.78, 5) is 8.09. The predicted octanol–water partition coefficient (Wildman–Crippen LogP) is 2.67. The van der Waals surface area contributed by atoms with Gasteiger partial charge in [-0.1, -0.05) is 6.92 Å². The summed E-state index contributed by atoms with van der Waals surface area (Å²) in [7, 11) is -3.17. The molecule has 0 bridgehead atoms. The zero-order valence-corrected chi connectivity index (χ0v) is 12.4. The van der Waals surface area contributed by atoms with Crippen molar-refractivity contribution in [3.8, 4) is 10.4 Å². The monoisotopic (exact) mass is 307 g/mol. The molecule has 0 saturated heterocycles. The summed E-state index contributed by atoms with van der Waals surface area (Å²) in [5, 5.41) is 0.932. The first-order valence-electron chi connectivity index (χ1n) is 6.08. The van der Waals surface area contributed by atoms with Gasteiger partial charge in [-0.05, 0) is 24.3 Å². The van der Waals surface area contributed by atoms with E-state index in [1.165, 1.54) is 11.3 Å². The molecule has 0 atom stereocenters. The maximum atomic E-state index is 11.9. The lowest BCUT2D eigenvalue weighted by molar-refractivity contribution is 0.599. The molecule has 3 N–H and O–H groups in total. The number of hydrogen-bond donors (Lipinski definition) is 2. The Kier molecular flexibility index (Phi) is 3.02. The summed E-state index contributed by atoms with van der Waals surface area (Å²) >= 11 is 1.26. The van der Waals surface area contributed by atoms with Crippen LogP contribution in [-0.4, -0.2) is 24.1 Å². The van der Waals surface area contributed by atoms with Gasteiger partial charge in [0.1, 0.15) is 15.7 Å². The molecule has 7 heteroatoms. The number of nitrogen functional groups attached to an aromatic ring is 1. The van der Waals surface area contributed by atoms with Gasteiger partial charge in [0.05, 0.1) is 5.75 Å². The number of pyridine rings is 1. The van der Waals surface area contributed by atoms with Crippen LogP contribution in [0.5, 0.6) is 0 Å². The van der Waals surface area contributed by atoms with Crippen LogP contribution in [0, 0.1) is 0 Å². The number of anilines is 1. The van der Waals surface area contributed by atoms with Crippen molar-refractivity contribution in [2.45, 2.75) is 11.1 Å². The summed E-state index contributed by atoms with van der Waals surface area (Å²) in [5.41, 5.74) is 7.40. The third-order valence-corrected chi connectivity index (χ3v) is 6.52. The molecule has 0 aliphatic heterocycles. The van der Waals surface area contributed by atoms with Gasteiger partial charge in [-0.3, -0.25) is 0 Å². The molecule has 0 fully saturated rings. The Balaban J connectivity index is 2.19. The van der Waals surface area contributed by atoms with E-state index in [0.29, 0.717) is 15.7 Å². The Bertz CT molecular complexity index is 878. The van der Waals surface area contributed by atoms with Crippen LogP contribution >= 0.6 is 11.3 Å². The van der Waals surface area contributed by atoms with Crippen molar-refractivity contribution in [3.05, 3.63) is 30.5 Å². The van der Waals surface area contributed by atoms with Gasteiger partial charge in [-0.25, -0.2) is 13.4 Å². The van der Waals surface area contributed by atoms with Crippen molar-refractivity contribution < 1.29 is 8.42 Å². The Morgan fingerprint density at radius 1 is 1.35 bits per heavy atom. The molecule has 3 aromatic rings. The third kappa shape index (κ3) is 2.08. The van der Waals surface area contributed by atoms with Crippen molar-refractivity contribution in [3.63, 3.8) is 0 Å². The van der Waals surface area contributed by atoms with Crippen molar-refractivity contribution in [2.75, 3.05) is 11.5 Å². The number of thiophene rings is 1. The van der Waals surface area contributed by atoms with Crippen LogP contribution in [0.2, 0.25) is 0 Å². The fourth-order valence-corrected chi connectivity index (χ4v) is 4.49. The Morgan fingerprint density at radius 3 is 2.90 bits per heavy atom. The van der Waals surface area contributed by atoms with Gasteiger partial charge < -0.3 is 10.7 Å². The Hall–Kier alpha value is -1.86. The van der Waals surface area contributed by atoms with Gasteiger partial charge in [0.2, 0.25) is 0 Å². The zero-order valence-electron chi connectivity index (χ0n) is 10.8. The summed E-state index contributed by atoms with van der Waals surface area (Å²) in [6.45, 7) is 1.64. The maximum absolute atomic E-state index is 11.9. The molecule has 0 spiro atoms. The smallest absolute Gasteiger partial charge is 0.187 e. The van der Waals surface area contributed by atoms with Gasteiger partial charge in [-0.15, -0.1) is 11.3 Å². The van der Waals surface area contributed by atoms with Gasteiger partial charge in [0, 0.05) is 22.0 Å². The molecule has 3 aromatic heterocycles. The van der Waals surface area contributed by atoms with Crippen LogP contribution < -0.4 is 5.73 Å². The summed E-state index contributed by atoms with van der Waals surface area (Å²) in [5.74, 6) is 0.508. The number of nitrogens with one attached hydrogen (secondary N) is 1. The molecule has 0 amide bonds. The number of nitrogens with zero attached hydrogens (tertiary/aromatic N) is 1. The average Bonchev–Trinajstić information content (AvgIpc) is 3.06. The van der Waals surface area contributed by atoms with E-state index in [9.17, 15) is 8.42 Å². The highest BCUT2D eigenvalue weighted by molar-refractivity contribution is 7.93. The van der Waals surface area contributed by atoms with Gasteiger partial charge in [-0.2, -0.15) is 0 Å². The number of nitrogens with two attached hydrogens (primary N) is 1. The second kappa shape index (κ2) is 4.60. The largest absolute Gasteiger partial charge is 0.384 e. The van der Waals surface area contributed by atoms with E-state index in [0.717, 1.165) is 15.8 Å². The first-order chi connectivity index (χ1) is 9.51. The van der Waals surface area contributed by atoms with Gasteiger partial charge in [0.15, 0.2) is 9.84 Å². The number of fused-ring (bicyclic) bond motifs is 1. The minimum Gasteiger partial charge on any atom is -0.384 e. The van der Waals surface area contributed by atoms with Gasteiger partial charge in [0.25, 0.3) is 0 Å². The first-order valence-corrected chi connectivity index (χ1v) is 8.54. The molecule has 0 aliphatic carbocycles. The lowest BCUT2D eigenvalue weighted by atomic mass is 10.1. The Labute approximate surface area is 120 Å². The first kappa shape index (κ1) is 13.1. The highest BCUT2D eigenvalue weighted by atomic mass is 32.2. The molecule has 3 heterocycles. The normalized spacial score (nSPS) is 12.1. The van der Waals surface area contributed by atoms with Crippen molar-refractivity contribution >= 4 is 38.0 Å². The fraction of sp³-hybridized carbons (Fsp3) is 0.154. The molecular weight excluding hydrogens is 294 g/mol. The van der Waals surface area contributed by atoms with Crippen LogP contribution in [0.4, 0.5) is 5.82 Å². The van der Waals surface area contributed by atoms with Crippen LogP contribution in [-0.2, 0) is 9.84 Å². The minimum absolute atomic E-state index is 0.102. The molecule has 0 aromatic carbocycles. The van der Waals surface area contributed by atoms with Crippen molar-refractivity contribution in [1.29, 1.82) is 0 Å². The van der Waals surface area contributed by atoms with E-state index in [-0.39, 0.29) is 5.75 Å². The summed E-state index contributed by atoms with van der Waals surface area (Å²) < 4.78 is 24.2. The molecule has 3 rings (SSSR count). The van der Waals surface area contributed by atoms with E-state index >= 15 is 0 Å². The SMILES string of the molecule is CCS(=O)(=O)c1ccc(-c2cc(N)nc3[nH]ccc23)s1. The van der Waals surface area contributed by atoms with Crippen LogP contribution in [0.3, 0.4) is 0 Å². The average molecular weight is 307 g/mol. The highest BCUT2D eigenvalue weighted by Gasteiger charge is 2.16. The van der Waals surface area contributed by atoms with E-state index in [1.807, 2.05) is 12.1 Å². The quantitative estimate of drug-likeness (QED) is 0.778. The molecule has 0 unspecified atom stereocenters. The topological polar surface area (TPSA) is 88.8 Å². The molecular formula is C13H13N3O2S2. The van der Waals surface area contributed by atoms with Crippen molar-refractivity contribution in [2.24, 2.45) is 0 Å². The number of rotatable bonds is 3. The molecule has 0 saturated carbocycles. The van der Waals surface area contributed by atoms with E-state index in [2.05, 4.69) is 9.97 Å². The predicted molar refractivity (Wildman–Crippen MR) is 81.5 cm³/mol. The number of sulfone groups is 1. The van der Waals surface area contributed by atoms with E-state index < -0.39 is 9.84 Å². The zero-order chi connectivity index (χ0) is 14.3. The number of aromatic amines is 1. The number of H-pyrrole nitrogens is 1. The van der Waals surface area contributed by atoms with Crippen molar-refractivity contribution in [1.82, 2.24) is 9.97 Å². The summed E-state index contributed by atoms with van der Waals surface area (Å²) in [6.07, 6.45) is 1.79. The molecule has 0 radical (unpaired) electrons. The van der Waals surface area contributed by atoms with E-state index in [4.69, 9.17) is 5.73 Å². The van der Waals surface area contributed by atoms with Crippen LogP contribution in [0.25, 0.3) is 21.5 Å². The second-order valence-corrected chi connectivity index (χ2v) is 7.95.